The van der Waals surface area contributed by atoms with E-state index in [0.717, 1.165) is 23.9 Å². The highest BCUT2D eigenvalue weighted by molar-refractivity contribution is 9.10. The lowest BCUT2D eigenvalue weighted by molar-refractivity contribution is 0.0896. The van der Waals surface area contributed by atoms with Crippen LogP contribution in [0, 0.1) is 0 Å². The molecule has 0 aliphatic carbocycles. The van der Waals surface area contributed by atoms with E-state index in [-0.39, 0.29) is 5.91 Å². The van der Waals surface area contributed by atoms with Crippen LogP contribution in [0.3, 0.4) is 0 Å². The van der Waals surface area contributed by atoms with Crippen molar-refractivity contribution in [1.29, 1.82) is 0 Å². The molecule has 2 aliphatic heterocycles. The third-order valence-corrected chi connectivity index (χ3v) is 5.14. The number of carbonyl (C=O) groups excluding carboxylic acids is 1. The lowest BCUT2D eigenvalue weighted by Gasteiger charge is -2.35. The number of piperidine rings is 1. The van der Waals surface area contributed by atoms with Crippen molar-refractivity contribution in [2.45, 2.75) is 37.8 Å². The molecule has 5 heteroatoms. The number of hydrogen-bond acceptors (Lipinski definition) is 3. The molecular formula is C15H20BrN3O. The first-order chi connectivity index (χ1) is 9.63. The third kappa shape index (κ3) is 2.83. The van der Waals surface area contributed by atoms with Crippen molar-refractivity contribution in [3.05, 3.63) is 28.2 Å². The van der Waals surface area contributed by atoms with Crippen LogP contribution in [0.2, 0.25) is 0 Å². The maximum absolute atomic E-state index is 12.3. The predicted molar refractivity (Wildman–Crippen MR) is 83.6 cm³/mol. The van der Waals surface area contributed by atoms with Crippen molar-refractivity contribution in [2.75, 3.05) is 18.8 Å². The minimum absolute atomic E-state index is 0.0133. The molecule has 4 nitrogen and oxygen atoms in total. The number of nitrogens with one attached hydrogen (secondary N) is 1. The van der Waals surface area contributed by atoms with Gasteiger partial charge in [0.2, 0.25) is 0 Å². The number of nitrogen functional groups attached to an aromatic ring is 1. The topological polar surface area (TPSA) is 58.4 Å². The van der Waals surface area contributed by atoms with Gasteiger partial charge in [0.15, 0.2) is 0 Å². The van der Waals surface area contributed by atoms with E-state index in [2.05, 4.69) is 26.1 Å². The molecule has 2 fully saturated rings. The molecule has 2 heterocycles. The average molecular weight is 338 g/mol. The van der Waals surface area contributed by atoms with Crippen molar-refractivity contribution in [1.82, 2.24) is 10.2 Å². The van der Waals surface area contributed by atoms with Gasteiger partial charge >= 0.3 is 0 Å². The molecule has 1 aromatic carbocycles. The van der Waals surface area contributed by atoms with Crippen molar-refractivity contribution in [3.8, 4) is 0 Å². The monoisotopic (exact) mass is 337 g/mol. The Morgan fingerprint density at radius 2 is 2.20 bits per heavy atom. The van der Waals surface area contributed by atoms with Gasteiger partial charge in [0, 0.05) is 34.4 Å². The van der Waals surface area contributed by atoms with Crippen molar-refractivity contribution >= 4 is 27.5 Å². The summed E-state index contributed by atoms with van der Waals surface area (Å²) in [5.41, 5.74) is 7.07. The van der Waals surface area contributed by atoms with Crippen LogP contribution in [0.5, 0.6) is 0 Å². The Morgan fingerprint density at radius 3 is 3.00 bits per heavy atom. The van der Waals surface area contributed by atoms with Crippen LogP contribution < -0.4 is 11.1 Å². The molecule has 0 bridgehead atoms. The molecular weight excluding hydrogens is 318 g/mol. The summed E-state index contributed by atoms with van der Waals surface area (Å²) in [6.07, 6.45) is 4.71. The Kier molecular flexibility index (Phi) is 3.98. The van der Waals surface area contributed by atoms with Gasteiger partial charge in [-0.3, -0.25) is 4.79 Å². The zero-order valence-electron chi connectivity index (χ0n) is 11.4. The number of halogens is 1. The smallest absolute Gasteiger partial charge is 0.251 e. The van der Waals surface area contributed by atoms with Crippen LogP contribution in [-0.4, -0.2) is 36.0 Å². The van der Waals surface area contributed by atoms with Crippen LogP contribution >= 0.6 is 15.9 Å². The number of nitrogens with two attached hydrogens (primary N) is 1. The number of benzene rings is 1. The Labute approximate surface area is 127 Å². The molecule has 2 aliphatic rings. The lowest BCUT2D eigenvalue weighted by Crippen LogP contribution is -2.47. The van der Waals surface area contributed by atoms with E-state index in [1.54, 1.807) is 12.1 Å². The summed E-state index contributed by atoms with van der Waals surface area (Å²) in [6, 6.07) is 6.32. The third-order valence-electron chi connectivity index (χ3n) is 4.41. The van der Waals surface area contributed by atoms with Crippen LogP contribution in [0.15, 0.2) is 22.7 Å². The number of anilines is 1. The fourth-order valence-electron chi connectivity index (χ4n) is 3.31. The molecule has 108 valence electrons. The molecule has 1 aromatic rings. The summed E-state index contributed by atoms with van der Waals surface area (Å²) in [5, 5.41) is 3.16. The zero-order chi connectivity index (χ0) is 14.1. The number of amides is 1. The maximum atomic E-state index is 12.3. The van der Waals surface area contributed by atoms with Gasteiger partial charge in [-0.2, -0.15) is 0 Å². The van der Waals surface area contributed by atoms with E-state index in [0.29, 0.717) is 23.3 Å². The first kappa shape index (κ1) is 13.9. The molecule has 1 amide bonds. The lowest BCUT2D eigenvalue weighted by atomic mass is 9.97. The highest BCUT2D eigenvalue weighted by atomic mass is 79.9. The van der Waals surface area contributed by atoms with Gasteiger partial charge in [-0.25, -0.2) is 0 Å². The second-order valence-corrected chi connectivity index (χ2v) is 6.62. The summed E-state index contributed by atoms with van der Waals surface area (Å²) in [7, 11) is 0. The number of carbonyl (C=O) groups is 1. The maximum Gasteiger partial charge on any atom is 0.251 e. The minimum Gasteiger partial charge on any atom is -0.398 e. The summed E-state index contributed by atoms with van der Waals surface area (Å²) in [6.45, 7) is 2.34. The van der Waals surface area contributed by atoms with E-state index in [1.165, 1.54) is 19.4 Å². The quantitative estimate of drug-likeness (QED) is 0.814. The SMILES string of the molecule is Nc1cc(C(=O)NC2CCN3CCCC3C2)ccc1Br. The fourth-order valence-corrected chi connectivity index (χ4v) is 3.56. The van der Waals surface area contributed by atoms with Crippen LogP contribution in [0.1, 0.15) is 36.0 Å². The largest absolute Gasteiger partial charge is 0.398 e. The highest BCUT2D eigenvalue weighted by Crippen LogP contribution is 2.27. The molecule has 0 spiro atoms. The Hall–Kier alpha value is -1.07. The Bertz CT molecular complexity index is 520. The first-order valence-electron chi connectivity index (χ1n) is 7.23. The predicted octanol–water partition coefficient (Wildman–Crippen LogP) is 2.39. The van der Waals surface area contributed by atoms with Gasteiger partial charge in [0.1, 0.15) is 0 Å². The van der Waals surface area contributed by atoms with Crippen LogP contribution in [-0.2, 0) is 0 Å². The van der Waals surface area contributed by atoms with E-state index in [1.807, 2.05) is 6.07 Å². The van der Waals surface area contributed by atoms with Gasteiger partial charge in [-0.05, 0) is 66.4 Å². The summed E-state index contributed by atoms with van der Waals surface area (Å²) in [5.74, 6) is -0.0133. The number of hydrogen-bond donors (Lipinski definition) is 2. The Balaban J connectivity index is 1.62. The summed E-state index contributed by atoms with van der Waals surface area (Å²) < 4.78 is 0.827. The Morgan fingerprint density at radius 1 is 1.35 bits per heavy atom. The standard InChI is InChI=1S/C15H20BrN3O/c16-13-4-3-10(8-14(13)17)15(20)18-11-5-7-19-6-1-2-12(19)9-11/h3-4,8,11-12H,1-2,5-7,9,17H2,(H,18,20). The van der Waals surface area contributed by atoms with Crippen molar-refractivity contribution in [2.24, 2.45) is 0 Å². The summed E-state index contributed by atoms with van der Waals surface area (Å²) in [4.78, 5) is 14.8. The van der Waals surface area contributed by atoms with Crippen LogP contribution in [0.4, 0.5) is 5.69 Å². The molecule has 3 rings (SSSR count). The molecule has 2 atom stereocenters. The second-order valence-electron chi connectivity index (χ2n) is 5.76. The zero-order valence-corrected chi connectivity index (χ0v) is 13.0. The molecule has 0 radical (unpaired) electrons. The van der Waals surface area contributed by atoms with Gasteiger partial charge in [0.05, 0.1) is 0 Å². The van der Waals surface area contributed by atoms with E-state index in [4.69, 9.17) is 5.73 Å². The number of fused-ring (bicyclic) bond motifs is 1. The molecule has 0 saturated carbocycles. The second kappa shape index (κ2) is 5.74. The van der Waals surface area contributed by atoms with Gasteiger partial charge in [0.25, 0.3) is 5.91 Å². The molecule has 2 unspecified atom stereocenters. The average Bonchev–Trinajstić information content (AvgIpc) is 2.89. The summed E-state index contributed by atoms with van der Waals surface area (Å²) >= 11 is 3.35. The van der Waals surface area contributed by atoms with Crippen molar-refractivity contribution < 1.29 is 4.79 Å². The first-order valence-corrected chi connectivity index (χ1v) is 8.03. The molecule has 20 heavy (non-hydrogen) atoms. The van der Waals surface area contributed by atoms with Crippen molar-refractivity contribution in [3.63, 3.8) is 0 Å². The van der Waals surface area contributed by atoms with E-state index >= 15 is 0 Å². The highest BCUT2D eigenvalue weighted by Gasteiger charge is 2.32. The van der Waals surface area contributed by atoms with E-state index < -0.39 is 0 Å². The number of rotatable bonds is 2. The van der Waals surface area contributed by atoms with Crippen LogP contribution in [0.25, 0.3) is 0 Å². The van der Waals surface area contributed by atoms with Gasteiger partial charge in [-0.15, -0.1) is 0 Å². The normalized spacial score (nSPS) is 26.2. The molecule has 3 N–H and O–H groups in total. The number of nitrogens with zero attached hydrogens (tertiary/aromatic N) is 1. The molecule has 0 aromatic heterocycles. The minimum atomic E-state index is -0.0133. The van der Waals surface area contributed by atoms with Gasteiger partial charge < -0.3 is 16.0 Å². The van der Waals surface area contributed by atoms with E-state index in [9.17, 15) is 4.79 Å². The fraction of sp³-hybridized carbons (Fsp3) is 0.533. The molecule has 2 saturated heterocycles. The van der Waals surface area contributed by atoms with Gasteiger partial charge in [-0.1, -0.05) is 0 Å².